The van der Waals surface area contributed by atoms with Crippen molar-refractivity contribution in [2.45, 2.75) is 38.3 Å². The number of nitriles is 1. The number of hydrogen-bond donors (Lipinski definition) is 0. The van der Waals surface area contributed by atoms with E-state index in [4.69, 9.17) is 10.00 Å². The van der Waals surface area contributed by atoms with Crippen LogP contribution in [0.5, 0.6) is 0 Å². The summed E-state index contributed by atoms with van der Waals surface area (Å²) in [7, 11) is 0. The highest BCUT2D eigenvalue weighted by molar-refractivity contribution is 5.70. The molecule has 2 heterocycles. The van der Waals surface area contributed by atoms with Crippen LogP contribution in [0, 0.1) is 11.3 Å². The van der Waals surface area contributed by atoms with Crippen molar-refractivity contribution in [3.05, 3.63) is 23.8 Å². The molecule has 0 N–H and O–H groups in total. The van der Waals surface area contributed by atoms with Gasteiger partial charge >= 0.3 is 6.09 Å². The Morgan fingerprint density at radius 3 is 3.18 bits per heavy atom. The average Bonchev–Trinajstić information content (AvgIpc) is 2.59. The number of carbonyl (C=O) groups excluding carboxylic acids is 1. The summed E-state index contributed by atoms with van der Waals surface area (Å²) in [5, 5.41) is 8.51. The second-order valence-corrected chi connectivity index (χ2v) is 4.31. The summed E-state index contributed by atoms with van der Waals surface area (Å²) in [6.45, 7) is 2.24. The fourth-order valence-electron chi connectivity index (χ4n) is 2.61. The van der Waals surface area contributed by atoms with E-state index in [0.29, 0.717) is 6.61 Å². The van der Waals surface area contributed by atoms with Crippen molar-refractivity contribution in [1.29, 1.82) is 5.26 Å². The standard InChI is InChI=1S/C13H16N2O2/c1-2-17-13(16)15-11-5-6-12(15)9-10(8-11)4-3-7-14/h3-4,8,11-12H,2,5-6,9H2,1H3/b4-3+/t11-,12+/m1/s1. The van der Waals surface area contributed by atoms with Crippen molar-refractivity contribution < 1.29 is 9.53 Å². The lowest BCUT2D eigenvalue weighted by Crippen LogP contribution is -2.43. The Morgan fingerprint density at radius 1 is 1.71 bits per heavy atom. The summed E-state index contributed by atoms with van der Waals surface area (Å²) in [5.74, 6) is 0. The minimum absolute atomic E-state index is 0.145. The number of hydrogen-bond acceptors (Lipinski definition) is 3. The van der Waals surface area contributed by atoms with Crippen LogP contribution in [0.25, 0.3) is 0 Å². The summed E-state index contributed by atoms with van der Waals surface area (Å²) in [6, 6.07) is 2.38. The third kappa shape index (κ3) is 2.33. The molecule has 1 fully saturated rings. The van der Waals surface area contributed by atoms with Gasteiger partial charge in [0.15, 0.2) is 0 Å². The second kappa shape index (κ2) is 5.05. The topological polar surface area (TPSA) is 53.3 Å². The first-order valence-electron chi connectivity index (χ1n) is 5.98. The molecule has 2 atom stereocenters. The van der Waals surface area contributed by atoms with Crippen LogP contribution >= 0.6 is 0 Å². The molecule has 2 bridgehead atoms. The molecule has 0 aromatic heterocycles. The minimum atomic E-state index is -0.209. The number of amides is 1. The van der Waals surface area contributed by atoms with Crippen LogP contribution in [0.2, 0.25) is 0 Å². The highest BCUT2D eigenvalue weighted by Gasteiger charge is 2.39. The summed E-state index contributed by atoms with van der Waals surface area (Å²) in [5.41, 5.74) is 1.15. The summed E-state index contributed by atoms with van der Waals surface area (Å²) >= 11 is 0. The molecule has 2 aliphatic rings. The number of carbonyl (C=O) groups is 1. The van der Waals surface area contributed by atoms with E-state index >= 15 is 0 Å². The quantitative estimate of drug-likeness (QED) is 0.687. The molecule has 17 heavy (non-hydrogen) atoms. The van der Waals surface area contributed by atoms with Gasteiger partial charge in [0.05, 0.1) is 18.7 Å². The Balaban J connectivity index is 2.11. The van der Waals surface area contributed by atoms with Crippen molar-refractivity contribution in [1.82, 2.24) is 4.90 Å². The molecule has 0 aliphatic carbocycles. The van der Waals surface area contributed by atoms with Gasteiger partial charge in [0, 0.05) is 12.1 Å². The van der Waals surface area contributed by atoms with Gasteiger partial charge in [0.2, 0.25) is 0 Å². The van der Waals surface area contributed by atoms with Crippen molar-refractivity contribution in [3.63, 3.8) is 0 Å². The Hall–Kier alpha value is -1.76. The lowest BCUT2D eigenvalue weighted by atomic mass is 10.0. The van der Waals surface area contributed by atoms with Gasteiger partial charge in [-0.1, -0.05) is 6.08 Å². The van der Waals surface area contributed by atoms with Gasteiger partial charge in [-0.05, 0) is 37.8 Å². The first kappa shape index (κ1) is 11.7. The number of rotatable bonds is 2. The Morgan fingerprint density at radius 2 is 2.53 bits per heavy atom. The molecular weight excluding hydrogens is 216 g/mol. The summed E-state index contributed by atoms with van der Waals surface area (Å²) in [6.07, 6.45) is 8.04. The van der Waals surface area contributed by atoms with Crippen molar-refractivity contribution in [2.75, 3.05) is 6.61 Å². The van der Waals surface area contributed by atoms with Crippen molar-refractivity contribution >= 4 is 6.09 Å². The van der Waals surface area contributed by atoms with E-state index in [1.807, 2.05) is 24.0 Å². The second-order valence-electron chi connectivity index (χ2n) is 4.31. The van der Waals surface area contributed by atoms with Gasteiger partial charge in [-0.3, -0.25) is 4.90 Å². The van der Waals surface area contributed by atoms with Gasteiger partial charge < -0.3 is 4.74 Å². The van der Waals surface area contributed by atoms with Gasteiger partial charge in [-0.15, -0.1) is 0 Å². The van der Waals surface area contributed by atoms with Crippen LogP contribution in [0.3, 0.4) is 0 Å². The lowest BCUT2D eigenvalue weighted by Gasteiger charge is -2.32. The number of fused-ring (bicyclic) bond motifs is 2. The molecule has 0 aromatic carbocycles. The van der Waals surface area contributed by atoms with Crippen LogP contribution in [-0.2, 0) is 4.74 Å². The van der Waals surface area contributed by atoms with Crippen LogP contribution in [0.4, 0.5) is 4.79 Å². The Kier molecular flexibility index (Phi) is 3.48. The maximum atomic E-state index is 11.8. The van der Waals surface area contributed by atoms with E-state index in [-0.39, 0.29) is 18.2 Å². The van der Waals surface area contributed by atoms with Gasteiger partial charge in [0.25, 0.3) is 0 Å². The van der Waals surface area contributed by atoms with Gasteiger partial charge in [0.1, 0.15) is 0 Å². The molecule has 1 saturated heterocycles. The summed E-state index contributed by atoms with van der Waals surface area (Å²) < 4.78 is 5.07. The number of ether oxygens (including phenoxy) is 1. The third-order valence-corrected chi connectivity index (χ3v) is 3.27. The zero-order valence-corrected chi connectivity index (χ0v) is 9.93. The first-order valence-corrected chi connectivity index (χ1v) is 5.98. The molecule has 90 valence electrons. The molecule has 2 aliphatic heterocycles. The number of allylic oxidation sites excluding steroid dienone is 2. The fourth-order valence-corrected chi connectivity index (χ4v) is 2.61. The fraction of sp³-hybridized carbons (Fsp3) is 0.538. The number of nitrogens with zero attached hydrogens (tertiary/aromatic N) is 2. The third-order valence-electron chi connectivity index (χ3n) is 3.27. The zero-order chi connectivity index (χ0) is 12.3. The van der Waals surface area contributed by atoms with E-state index in [0.717, 1.165) is 24.8 Å². The molecule has 2 rings (SSSR count). The van der Waals surface area contributed by atoms with E-state index < -0.39 is 0 Å². The maximum Gasteiger partial charge on any atom is 0.410 e. The first-order chi connectivity index (χ1) is 8.26. The van der Waals surface area contributed by atoms with Gasteiger partial charge in [-0.2, -0.15) is 5.26 Å². The van der Waals surface area contributed by atoms with Crippen LogP contribution < -0.4 is 0 Å². The van der Waals surface area contributed by atoms with Crippen LogP contribution in [0.15, 0.2) is 23.8 Å². The van der Waals surface area contributed by atoms with Crippen LogP contribution in [0.1, 0.15) is 26.2 Å². The average molecular weight is 232 g/mol. The largest absolute Gasteiger partial charge is 0.450 e. The molecule has 0 unspecified atom stereocenters. The van der Waals surface area contributed by atoms with Crippen molar-refractivity contribution in [2.24, 2.45) is 0 Å². The normalized spacial score (nSPS) is 26.8. The van der Waals surface area contributed by atoms with Crippen LogP contribution in [-0.4, -0.2) is 29.7 Å². The molecule has 0 aromatic rings. The highest BCUT2D eigenvalue weighted by atomic mass is 16.6. The molecule has 0 radical (unpaired) electrons. The Bertz CT molecular complexity index is 406. The van der Waals surface area contributed by atoms with E-state index in [2.05, 4.69) is 6.08 Å². The predicted octanol–water partition coefficient (Wildman–Crippen LogP) is 2.39. The van der Waals surface area contributed by atoms with E-state index in [9.17, 15) is 4.79 Å². The highest BCUT2D eigenvalue weighted by Crippen LogP contribution is 2.35. The smallest absolute Gasteiger partial charge is 0.410 e. The van der Waals surface area contributed by atoms with Gasteiger partial charge in [-0.25, -0.2) is 4.79 Å². The molecular formula is C13H16N2O2. The predicted molar refractivity (Wildman–Crippen MR) is 63.1 cm³/mol. The molecule has 0 spiro atoms. The van der Waals surface area contributed by atoms with E-state index in [1.165, 1.54) is 6.08 Å². The maximum absolute atomic E-state index is 11.8. The molecule has 0 saturated carbocycles. The minimum Gasteiger partial charge on any atom is -0.450 e. The van der Waals surface area contributed by atoms with E-state index in [1.54, 1.807) is 0 Å². The summed E-state index contributed by atoms with van der Waals surface area (Å²) in [4.78, 5) is 13.6. The zero-order valence-electron chi connectivity index (χ0n) is 9.93. The SMILES string of the molecule is CCOC(=O)N1[C@H]2CC[C@@H]1C=C(/C=C/C#N)C2. The molecule has 4 heteroatoms. The van der Waals surface area contributed by atoms with Crippen molar-refractivity contribution in [3.8, 4) is 6.07 Å². The molecule has 1 amide bonds. The monoisotopic (exact) mass is 232 g/mol. The Labute approximate surface area is 101 Å². The molecule has 4 nitrogen and oxygen atoms in total. The lowest BCUT2D eigenvalue weighted by molar-refractivity contribution is 0.0919.